The van der Waals surface area contributed by atoms with E-state index in [4.69, 9.17) is 16.3 Å². The first-order chi connectivity index (χ1) is 12.0. The third kappa shape index (κ3) is 4.69. The second-order valence-corrected chi connectivity index (χ2v) is 6.77. The first kappa shape index (κ1) is 17.7. The van der Waals surface area contributed by atoms with E-state index >= 15 is 0 Å². The van der Waals surface area contributed by atoms with Gasteiger partial charge in [0.25, 0.3) is 5.91 Å². The van der Waals surface area contributed by atoms with Crippen molar-refractivity contribution in [3.8, 4) is 5.75 Å². The highest BCUT2D eigenvalue weighted by molar-refractivity contribution is 6.31. The van der Waals surface area contributed by atoms with Crippen molar-refractivity contribution in [1.82, 2.24) is 9.88 Å². The molecule has 0 aliphatic carbocycles. The lowest BCUT2D eigenvalue weighted by molar-refractivity contribution is 0.0660. The monoisotopic (exact) mass is 362 g/mol. The van der Waals surface area contributed by atoms with Gasteiger partial charge in [-0.05, 0) is 49.9 Å². The molecule has 0 radical (unpaired) electrons. The Morgan fingerprint density at radius 1 is 1.32 bits per heavy atom. The molecule has 1 aromatic carbocycles. The van der Waals surface area contributed by atoms with E-state index in [1.165, 1.54) is 18.2 Å². The van der Waals surface area contributed by atoms with Gasteiger partial charge in [-0.15, -0.1) is 0 Å². The van der Waals surface area contributed by atoms with Gasteiger partial charge in [0, 0.05) is 41.6 Å². The average molecular weight is 363 g/mol. The first-order valence-electron chi connectivity index (χ1n) is 8.32. The molecule has 1 saturated heterocycles. The second-order valence-electron chi connectivity index (χ2n) is 6.34. The molecule has 1 fully saturated rings. The van der Waals surface area contributed by atoms with Crippen LogP contribution in [-0.4, -0.2) is 35.5 Å². The van der Waals surface area contributed by atoms with E-state index in [0.29, 0.717) is 31.2 Å². The van der Waals surface area contributed by atoms with Crippen LogP contribution in [-0.2, 0) is 0 Å². The number of piperidine rings is 1. The molecule has 0 saturated carbocycles. The SMILES string of the molecule is Cc1cc(OCC2CCN(C(=O)c3cc(F)cc(Cl)c3)CC2)ccn1. The maximum Gasteiger partial charge on any atom is 0.254 e. The van der Waals surface area contributed by atoms with Crippen molar-refractivity contribution in [2.24, 2.45) is 5.92 Å². The van der Waals surface area contributed by atoms with Crippen LogP contribution in [0, 0.1) is 18.7 Å². The van der Waals surface area contributed by atoms with Crippen molar-refractivity contribution >= 4 is 17.5 Å². The number of carbonyl (C=O) groups excluding carboxylic acids is 1. The van der Waals surface area contributed by atoms with Gasteiger partial charge in [0.2, 0.25) is 0 Å². The van der Waals surface area contributed by atoms with Gasteiger partial charge in [-0.2, -0.15) is 0 Å². The smallest absolute Gasteiger partial charge is 0.254 e. The summed E-state index contributed by atoms with van der Waals surface area (Å²) in [4.78, 5) is 18.4. The Bertz CT molecular complexity index is 741. The zero-order chi connectivity index (χ0) is 17.8. The van der Waals surface area contributed by atoms with Crippen LogP contribution in [0.15, 0.2) is 36.5 Å². The van der Waals surface area contributed by atoms with Crippen LogP contribution < -0.4 is 4.74 Å². The number of benzene rings is 1. The Morgan fingerprint density at radius 2 is 2.08 bits per heavy atom. The molecule has 132 valence electrons. The van der Waals surface area contributed by atoms with Crippen LogP contribution in [0.1, 0.15) is 28.9 Å². The molecule has 2 aromatic rings. The van der Waals surface area contributed by atoms with Crippen LogP contribution in [0.5, 0.6) is 5.75 Å². The van der Waals surface area contributed by atoms with Gasteiger partial charge in [-0.1, -0.05) is 11.6 Å². The summed E-state index contributed by atoms with van der Waals surface area (Å²) in [5, 5.41) is 0.235. The minimum atomic E-state index is -0.494. The topological polar surface area (TPSA) is 42.4 Å². The number of likely N-dealkylation sites (tertiary alicyclic amines) is 1. The van der Waals surface area contributed by atoms with Gasteiger partial charge < -0.3 is 9.64 Å². The number of nitrogens with zero attached hydrogens (tertiary/aromatic N) is 2. The Labute approximate surface area is 151 Å². The molecule has 2 heterocycles. The number of halogens is 2. The summed E-state index contributed by atoms with van der Waals surface area (Å²) in [5.41, 5.74) is 1.22. The van der Waals surface area contributed by atoms with E-state index in [-0.39, 0.29) is 10.9 Å². The normalized spacial score (nSPS) is 15.2. The molecular weight excluding hydrogens is 343 g/mol. The summed E-state index contributed by atoms with van der Waals surface area (Å²) in [5.74, 6) is 0.548. The number of pyridine rings is 1. The second kappa shape index (κ2) is 7.83. The summed E-state index contributed by atoms with van der Waals surface area (Å²) in [6.45, 7) is 3.82. The molecule has 0 unspecified atom stereocenters. The van der Waals surface area contributed by atoms with E-state index in [0.717, 1.165) is 24.3 Å². The summed E-state index contributed by atoms with van der Waals surface area (Å²) in [6, 6.07) is 7.69. The van der Waals surface area contributed by atoms with Crippen molar-refractivity contribution in [3.05, 3.63) is 58.6 Å². The number of amides is 1. The molecule has 6 heteroatoms. The van der Waals surface area contributed by atoms with Crippen molar-refractivity contribution in [2.45, 2.75) is 19.8 Å². The highest BCUT2D eigenvalue weighted by atomic mass is 35.5. The molecule has 0 atom stereocenters. The number of aromatic nitrogens is 1. The largest absolute Gasteiger partial charge is 0.493 e. The molecule has 4 nitrogen and oxygen atoms in total. The summed E-state index contributed by atoms with van der Waals surface area (Å²) in [7, 11) is 0. The first-order valence-corrected chi connectivity index (χ1v) is 8.70. The van der Waals surface area contributed by atoms with Crippen LogP contribution in [0.25, 0.3) is 0 Å². The molecule has 25 heavy (non-hydrogen) atoms. The van der Waals surface area contributed by atoms with Gasteiger partial charge in [0.15, 0.2) is 0 Å². The summed E-state index contributed by atoms with van der Waals surface area (Å²) in [6.07, 6.45) is 3.45. The van der Waals surface area contributed by atoms with Crippen LogP contribution in [0.3, 0.4) is 0 Å². The van der Waals surface area contributed by atoms with Gasteiger partial charge >= 0.3 is 0 Å². The fraction of sp³-hybridized carbons (Fsp3) is 0.368. The van der Waals surface area contributed by atoms with Gasteiger partial charge in [-0.3, -0.25) is 9.78 Å². The van der Waals surface area contributed by atoms with Gasteiger partial charge in [-0.25, -0.2) is 4.39 Å². The number of hydrogen-bond acceptors (Lipinski definition) is 3. The fourth-order valence-corrected chi connectivity index (χ4v) is 3.21. The number of carbonyl (C=O) groups is 1. The van der Waals surface area contributed by atoms with E-state index in [2.05, 4.69) is 4.98 Å². The predicted octanol–water partition coefficient (Wildman–Crippen LogP) is 4.11. The maximum atomic E-state index is 13.4. The lowest BCUT2D eigenvalue weighted by Crippen LogP contribution is -2.39. The van der Waals surface area contributed by atoms with Crippen molar-refractivity contribution in [3.63, 3.8) is 0 Å². The zero-order valence-electron chi connectivity index (χ0n) is 14.0. The van der Waals surface area contributed by atoms with Gasteiger partial charge in [0.05, 0.1) is 6.61 Å². The molecule has 0 N–H and O–H groups in total. The van der Waals surface area contributed by atoms with Crippen LogP contribution in [0.2, 0.25) is 5.02 Å². The number of rotatable bonds is 4. The standard InChI is InChI=1S/C19H20ClFN2O2/c1-13-8-18(2-5-22-13)25-12-14-3-6-23(7-4-14)19(24)15-9-16(20)11-17(21)10-15/h2,5,8-11,14H,3-4,6-7,12H2,1H3. The third-order valence-corrected chi connectivity index (χ3v) is 4.58. The van der Waals surface area contributed by atoms with E-state index in [9.17, 15) is 9.18 Å². The summed E-state index contributed by atoms with van der Waals surface area (Å²) < 4.78 is 19.3. The molecule has 0 bridgehead atoms. The Hall–Kier alpha value is -2.14. The minimum Gasteiger partial charge on any atom is -0.493 e. The fourth-order valence-electron chi connectivity index (χ4n) is 2.99. The molecule has 3 rings (SSSR count). The molecule has 1 aromatic heterocycles. The number of ether oxygens (including phenoxy) is 1. The number of hydrogen-bond donors (Lipinski definition) is 0. The van der Waals surface area contributed by atoms with Crippen LogP contribution >= 0.6 is 11.6 Å². The molecule has 1 aliphatic rings. The molecule has 0 spiro atoms. The molecule has 1 aliphatic heterocycles. The van der Waals surface area contributed by atoms with Crippen molar-refractivity contribution in [1.29, 1.82) is 0 Å². The predicted molar refractivity (Wildman–Crippen MR) is 94.5 cm³/mol. The highest BCUT2D eigenvalue weighted by Crippen LogP contribution is 2.22. The quantitative estimate of drug-likeness (QED) is 0.821. The lowest BCUT2D eigenvalue weighted by Gasteiger charge is -2.32. The van der Waals surface area contributed by atoms with Crippen molar-refractivity contribution < 1.29 is 13.9 Å². The number of aryl methyl sites for hydroxylation is 1. The van der Waals surface area contributed by atoms with E-state index in [1.807, 2.05) is 19.1 Å². The Kier molecular flexibility index (Phi) is 5.53. The molecule has 1 amide bonds. The van der Waals surface area contributed by atoms with Gasteiger partial charge in [0.1, 0.15) is 11.6 Å². The molecular formula is C19H20ClFN2O2. The van der Waals surface area contributed by atoms with E-state index in [1.54, 1.807) is 11.1 Å². The average Bonchev–Trinajstić information content (AvgIpc) is 2.59. The lowest BCUT2D eigenvalue weighted by atomic mass is 9.97. The Morgan fingerprint density at radius 3 is 2.76 bits per heavy atom. The van der Waals surface area contributed by atoms with Crippen molar-refractivity contribution in [2.75, 3.05) is 19.7 Å². The zero-order valence-corrected chi connectivity index (χ0v) is 14.8. The van der Waals surface area contributed by atoms with Crippen LogP contribution in [0.4, 0.5) is 4.39 Å². The minimum absolute atomic E-state index is 0.175. The van der Waals surface area contributed by atoms with E-state index < -0.39 is 5.82 Å². The highest BCUT2D eigenvalue weighted by Gasteiger charge is 2.24. The maximum absolute atomic E-state index is 13.4. The Balaban J connectivity index is 1.52. The third-order valence-electron chi connectivity index (χ3n) is 4.37. The summed E-state index contributed by atoms with van der Waals surface area (Å²) >= 11 is 5.84.